The molecule has 0 spiro atoms. The van der Waals surface area contributed by atoms with Crippen molar-refractivity contribution in [1.82, 2.24) is 9.97 Å². The van der Waals surface area contributed by atoms with Gasteiger partial charge in [0.1, 0.15) is 0 Å². The van der Waals surface area contributed by atoms with Crippen LogP contribution in [0.3, 0.4) is 0 Å². The third-order valence-corrected chi connectivity index (χ3v) is 15.0. The number of allylic oxidation sites excluding steroid dienone is 2. The molecular weight excluding hydrogens is 964 g/mol. The second-order valence-corrected chi connectivity index (χ2v) is 28.2. The van der Waals surface area contributed by atoms with Gasteiger partial charge in [0.15, 0.2) is 5.78 Å². The molecule has 1 N–H and O–H groups in total. The summed E-state index contributed by atoms with van der Waals surface area (Å²) < 4.78 is 36.7. The van der Waals surface area contributed by atoms with Crippen molar-refractivity contribution >= 4 is 53.8 Å². The van der Waals surface area contributed by atoms with Gasteiger partial charge in [-0.3, -0.25) is 9.18 Å². The first kappa shape index (κ1) is 46.4. The quantitative estimate of drug-likeness (QED) is 0.0574. The first-order valence-corrected chi connectivity index (χ1v) is 28.4. The maximum Gasteiger partial charge on any atom is 0.162 e. The van der Waals surface area contributed by atoms with Gasteiger partial charge >= 0.3 is 0 Å². The van der Waals surface area contributed by atoms with Crippen molar-refractivity contribution < 1.29 is 38.5 Å². The maximum absolute atomic E-state index is 12.2. The molecule has 1 unspecified atom stereocenters. The zero-order valence-electron chi connectivity index (χ0n) is 41.6. The summed E-state index contributed by atoms with van der Waals surface area (Å²) in [6, 6.07) is 30.1. The van der Waals surface area contributed by atoms with Crippen molar-refractivity contribution in [2.45, 2.75) is 113 Å². The Bertz CT molecular complexity index is 2560. The van der Waals surface area contributed by atoms with Crippen LogP contribution in [0.4, 0.5) is 4.39 Å². The molecule has 0 fully saturated rings. The smallest absolute Gasteiger partial charge is 0.162 e. The molecule has 6 rings (SSSR count). The number of nitrogens with zero attached hydrogens (tertiary/aromatic N) is 2. The van der Waals surface area contributed by atoms with Gasteiger partial charge in [-0.25, -0.2) is 0 Å². The molecule has 4 nitrogen and oxygen atoms in total. The van der Waals surface area contributed by atoms with Crippen LogP contribution in [0.5, 0.6) is 0 Å². The van der Waals surface area contributed by atoms with E-state index in [2.05, 4.69) is 130 Å². The van der Waals surface area contributed by atoms with E-state index in [9.17, 15) is 14.3 Å². The summed E-state index contributed by atoms with van der Waals surface area (Å²) in [7, 11) is -2.85. The number of halogens is 1. The van der Waals surface area contributed by atoms with Gasteiger partial charge in [-0.1, -0.05) is 135 Å². The fourth-order valence-corrected chi connectivity index (χ4v) is 9.67. The number of aryl methyl sites for hydroxylation is 4. The van der Waals surface area contributed by atoms with E-state index in [1.807, 2.05) is 46.8 Å². The number of benzene rings is 4. The number of aliphatic hydroxyl groups excluding tert-OH is 1. The summed E-state index contributed by atoms with van der Waals surface area (Å²) in [4.78, 5) is 20.6. The number of pyridine rings is 2. The van der Waals surface area contributed by atoms with Crippen LogP contribution < -0.4 is 10.4 Å². The van der Waals surface area contributed by atoms with Crippen LogP contribution >= 0.6 is 0 Å². The van der Waals surface area contributed by atoms with Crippen LogP contribution in [-0.4, -0.2) is 43.7 Å². The van der Waals surface area contributed by atoms with Crippen molar-refractivity contribution in [3.63, 3.8) is 0 Å². The Hall–Kier alpha value is -4.08. The molecule has 327 valence electrons. The summed E-state index contributed by atoms with van der Waals surface area (Å²) in [6.07, 6.45) is 4.13. The molecule has 1 atom stereocenters. The van der Waals surface area contributed by atoms with Gasteiger partial charge < -0.3 is 15.1 Å². The van der Waals surface area contributed by atoms with Gasteiger partial charge in [0.05, 0.1) is 32.7 Å². The Morgan fingerprint density at radius 2 is 1.16 bits per heavy atom. The number of carbonyl (C=O) groups is 1. The average molecular weight is 1030 g/mol. The predicted octanol–water partition coefficient (Wildman–Crippen LogP) is 13.5. The summed E-state index contributed by atoms with van der Waals surface area (Å²) in [5.41, 5.74) is 7.98. The number of hydrogen-bond donors (Lipinski definition) is 1. The second-order valence-electron chi connectivity index (χ2n) is 18.1. The third-order valence-electron chi connectivity index (χ3n) is 10.9. The minimum absolute atomic E-state index is 0. The molecule has 0 saturated carbocycles. The second kappa shape index (κ2) is 22.8. The first-order valence-electron chi connectivity index (χ1n) is 22.9. The molecule has 61 heavy (non-hydrogen) atoms. The Kier molecular flexibility index (Phi) is 17.4. The number of fused-ring (bicyclic) bond motifs is 2. The number of carbonyl (C=O) groups excluding carboxylic acids is 1. The van der Waals surface area contributed by atoms with Crippen molar-refractivity contribution in [2.75, 3.05) is 6.67 Å². The normalized spacial score (nSPS) is 13.0. The van der Waals surface area contributed by atoms with Crippen LogP contribution in [-0.2, 0) is 24.9 Å². The predicted molar refractivity (Wildman–Crippen MR) is 261 cm³/mol. The minimum atomic E-state index is -1.48. The van der Waals surface area contributed by atoms with Crippen LogP contribution in [0.2, 0.25) is 39.3 Å². The molecule has 2 heterocycles. The average Bonchev–Trinajstić information content (AvgIpc) is 3.20. The van der Waals surface area contributed by atoms with Gasteiger partial charge in [-0.2, -0.15) is 0 Å². The molecular formula is C53H67FIrN2O2Si2-2. The largest absolute Gasteiger partial charge is 0.512 e. The fraction of sp³-hybridized carbons (Fsp3) is 0.377. The SMILES string of the molecule is CCC(CC)C(=O)/C=C(\O)C(CC)CCF.[2H]c1cc2cc([Si](C)(C)C)ccc2c(-c2[c-]c(C)cc(C)c2)n1.[2H]c1nc(-c2[c-]c(C)cc(C)c2)c2ccc([Si](C)(C)C)cc2c1[2H].[Ir]. The topological polar surface area (TPSA) is 63.1 Å². The molecule has 0 aliphatic rings. The van der Waals surface area contributed by atoms with E-state index in [0.717, 1.165) is 73.6 Å². The molecule has 0 aliphatic carbocycles. The van der Waals surface area contributed by atoms with E-state index in [4.69, 9.17) is 4.11 Å². The molecule has 0 saturated heterocycles. The van der Waals surface area contributed by atoms with Gasteiger partial charge in [-0.05, 0) is 70.7 Å². The molecule has 0 aliphatic heterocycles. The number of ketones is 1. The van der Waals surface area contributed by atoms with E-state index < -0.39 is 22.8 Å². The molecule has 4 aromatic carbocycles. The number of hydrogen-bond acceptors (Lipinski definition) is 4. The van der Waals surface area contributed by atoms with Gasteiger partial charge in [0.2, 0.25) is 0 Å². The van der Waals surface area contributed by atoms with E-state index in [-0.39, 0.29) is 62.1 Å². The summed E-state index contributed by atoms with van der Waals surface area (Å²) in [5, 5.41) is 16.4. The maximum atomic E-state index is 12.2. The molecule has 6 aromatic rings. The summed E-state index contributed by atoms with van der Waals surface area (Å²) in [5.74, 6) is -0.245. The Morgan fingerprint density at radius 3 is 1.61 bits per heavy atom. The van der Waals surface area contributed by atoms with Crippen LogP contribution in [0, 0.1) is 51.7 Å². The first-order chi connectivity index (χ1) is 29.5. The standard InChI is InChI=1S/2C20H22NSi.C13H23FO2.Ir/c2*1-14-10-15(2)12-17(11-14)20-19-7-6-18(22(3,4)5)13-16(19)8-9-21-20;1-4-10(5-2)12(15)9-13(16)11(6-3)7-8-14;/h2*6-11,13H,1-5H3;9-11,16H,4-8H2,1-3H3;/q2*-1;;/b;;13-9-;/i8D,9D;9D;;. The fourth-order valence-electron chi connectivity index (χ4n) is 7.34. The molecule has 0 bridgehead atoms. The Labute approximate surface area is 386 Å². The number of aliphatic hydroxyl groups is 1. The summed E-state index contributed by atoms with van der Waals surface area (Å²) >= 11 is 0. The van der Waals surface area contributed by atoms with Crippen molar-refractivity contribution in [3.8, 4) is 22.5 Å². The van der Waals surface area contributed by atoms with E-state index in [1.165, 1.54) is 22.0 Å². The van der Waals surface area contributed by atoms with Crippen LogP contribution in [0.25, 0.3) is 44.1 Å². The van der Waals surface area contributed by atoms with Gasteiger partial charge in [-0.15, -0.1) is 69.8 Å². The molecule has 2 aromatic heterocycles. The number of aromatic nitrogens is 2. The van der Waals surface area contributed by atoms with Crippen LogP contribution in [0.15, 0.2) is 97.0 Å². The zero-order valence-corrected chi connectivity index (χ0v) is 43.0. The molecule has 1 radical (unpaired) electrons. The van der Waals surface area contributed by atoms with Crippen molar-refractivity contribution in [3.05, 3.63) is 131 Å². The van der Waals surface area contributed by atoms with E-state index in [1.54, 1.807) is 0 Å². The van der Waals surface area contributed by atoms with E-state index >= 15 is 0 Å². The van der Waals surface area contributed by atoms with Crippen LogP contribution in [0.1, 0.15) is 72.8 Å². The number of rotatable bonds is 12. The summed E-state index contributed by atoms with van der Waals surface area (Å²) in [6.45, 7) is 27.4. The number of alkyl halides is 1. The van der Waals surface area contributed by atoms with Crippen molar-refractivity contribution in [2.24, 2.45) is 11.8 Å². The van der Waals surface area contributed by atoms with Gasteiger partial charge in [0.25, 0.3) is 0 Å². The third kappa shape index (κ3) is 14.2. The monoisotopic (exact) mass is 1030 g/mol. The Balaban J connectivity index is 0.000000259. The van der Waals surface area contributed by atoms with Gasteiger partial charge in [0, 0.05) is 50.4 Å². The van der Waals surface area contributed by atoms with Crippen molar-refractivity contribution in [1.29, 1.82) is 0 Å². The minimum Gasteiger partial charge on any atom is -0.512 e. The zero-order chi connectivity index (χ0) is 47.0. The Morgan fingerprint density at radius 1 is 0.705 bits per heavy atom. The molecule has 0 amide bonds. The van der Waals surface area contributed by atoms with E-state index in [0.29, 0.717) is 12.6 Å². The molecule has 8 heteroatoms.